The standard InChI is InChI=1S/C41H25N3S/c1-2-10-28(11-3-1)43-34-15-7-4-12-29(34)32-24-26(18-20-36(32)43)27-19-21-37-33(25-27)30-13-5-8-16-35(30)44(37)40-23-22-39-41(42-40)31-14-6-9-17-38(31)45-39/h1-25H. The Labute approximate surface area is 262 Å². The second-order valence-electron chi connectivity index (χ2n) is 11.6. The summed E-state index contributed by atoms with van der Waals surface area (Å²) in [5.74, 6) is 0.945. The summed E-state index contributed by atoms with van der Waals surface area (Å²) in [5.41, 5.74) is 9.41. The van der Waals surface area contributed by atoms with Crippen molar-refractivity contribution in [2.45, 2.75) is 0 Å². The smallest absolute Gasteiger partial charge is 0.138 e. The number of aromatic nitrogens is 3. The lowest BCUT2D eigenvalue weighted by Gasteiger charge is -2.09. The molecule has 0 bridgehead atoms. The molecule has 0 saturated carbocycles. The number of pyridine rings is 1. The zero-order valence-corrected chi connectivity index (χ0v) is 25.0. The van der Waals surface area contributed by atoms with Gasteiger partial charge in [-0.2, -0.15) is 0 Å². The van der Waals surface area contributed by atoms with Crippen molar-refractivity contribution in [1.29, 1.82) is 0 Å². The van der Waals surface area contributed by atoms with Gasteiger partial charge >= 0.3 is 0 Å². The van der Waals surface area contributed by atoms with Gasteiger partial charge in [0.2, 0.25) is 0 Å². The minimum absolute atomic E-state index is 0.945. The molecule has 0 aliphatic carbocycles. The maximum Gasteiger partial charge on any atom is 0.138 e. The minimum atomic E-state index is 0.945. The topological polar surface area (TPSA) is 22.8 Å². The van der Waals surface area contributed by atoms with Gasteiger partial charge in [-0.25, -0.2) is 4.98 Å². The van der Waals surface area contributed by atoms with Crippen LogP contribution in [0.15, 0.2) is 152 Å². The number of benzene rings is 6. The molecular weight excluding hydrogens is 567 g/mol. The molecule has 3 nitrogen and oxygen atoms in total. The van der Waals surface area contributed by atoms with Crippen LogP contribution in [0.25, 0.3) is 86.5 Å². The van der Waals surface area contributed by atoms with Gasteiger partial charge in [-0.1, -0.05) is 84.9 Å². The van der Waals surface area contributed by atoms with E-state index in [0.29, 0.717) is 0 Å². The Kier molecular flexibility index (Phi) is 5.16. The molecule has 4 aromatic heterocycles. The quantitative estimate of drug-likeness (QED) is 0.200. The fraction of sp³-hybridized carbons (Fsp3) is 0. The van der Waals surface area contributed by atoms with E-state index in [0.717, 1.165) is 22.4 Å². The SMILES string of the molecule is c1ccc(-n2c3ccccc3c3cc(-c4ccc5c(c4)c4ccccc4n5-c4ccc5sc6ccccc6c5n4)ccc32)cc1. The predicted molar refractivity (Wildman–Crippen MR) is 191 cm³/mol. The van der Waals surface area contributed by atoms with Crippen LogP contribution in [0.5, 0.6) is 0 Å². The number of rotatable bonds is 3. The Balaban J connectivity index is 1.18. The van der Waals surface area contributed by atoms with Crippen LogP contribution in [-0.2, 0) is 0 Å². The number of fused-ring (bicyclic) bond motifs is 9. The number of hydrogen-bond donors (Lipinski definition) is 0. The van der Waals surface area contributed by atoms with Crippen LogP contribution in [0.1, 0.15) is 0 Å². The van der Waals surface area contributed by atoms with Gasteiger partial charge in [-0.15, -0.1) is 11.3 Å². The van der Waals surface area contributed by atoms with Crippen molar-refractivity contribution in [2.24, 2.45) is 0 Å². The second-order valence-corrected chi connectivity index (χ2v) is 12.7. The first-order valence-corrected chi connectivity index (χ1v) is 16.0. The van der Waals surface area contributed by atoms with E-state index < -0.39 is 0 Å². The third-order valence-electron chi connectivity index (χ3n) is 9.13. The largest absolute Gasteiger partial charge is 0.309 e. The van der Waals surface area contributed by atoms with Crippen LogP contribution in [0.4, 0.5) is 0 Å². The maximum atomic E-state index is 5.25. The van der Waals surface area contributed by atoms with Crippen molar-refractivity contribution in [3.63, 3.8) is 0 Å². The maximum absolute atomic E-state index is 5.25. The van der Waals surface area contributed by atoms with E-state index in [1.807, 2.05) is 0 Å². The molecule has 6 aromatic carbocycles. The highest BCUT2D eigenvalue weighted by Gasteiger charge is 2.17. The molecule has 0 saturated heterocycles. The van der Waals surface area contributed by atoms with Crippen LogP contribution >= 0.6 is 11.3 Å². The number of para-hydroxylation sites is 3. The molecule has 45 heavy (non-hydrogen) atoms. The van der Waals surface area contributed by atoms with Gasteiger partial charge in [0.25, 0.3) is 0 Å². The molecule has 0 atom stereocenters. The highest BCUT2D eigenvalue weighted by Crippen LogP contribution is 2.39. The van der Waals surface area contributed by atoms with E-state index in [4.69, 9.17) is 4.98 Å². The summed E-state index contributed by atoms with van der Waals surface area (Å²) in [6.07, 6.45) is 0. The molecular formula is C41H25N3S. The average molecular weight is 592 g/mol. The van der Waals surface area contributed by atoms with E-state index in [2.05, 4.69) is 161 Å². The van der Waals surface area contributed by atoms with Gasteiger partial charge < -0.3 is 4.57 Å². The van der Waals surface area contributed by atoms with Crippen LogP contribution in [0.3, 0.4) is 0 Å². The molecule has 10 aromatic rings. The Morgan fingerprint density at radius 3 is 1.67 bits per heavy atom. The Hall–Kier alpha value is -5.71. The zero-order valence-electron chi connectivity index (χ0n) is 24.2. The zero-order chi connectivity index (χ0) is 29.5. The van der Waals surface area contributed by atoms with Gasteiger partial charge in [0, 0.05) is 37.3 Å². The summed E-state index contributed by atoms with van der Waals surface area (Å²) >= 11 is 1.80. The Morgan fingerprint density at radius 1 is 0.400 bits per heavy atom. The molecule has 0 amide bonds. The number of hydrogen-bond acceptors (Lipinski definition) is 2. The summed E-state index contributed by atoms with van der Waals surface area (Å²) in [7, 11) is 0. The van der Waals surface area contributed by atoms with E-state index in [-0.39, 0.29) is 0 Å². The molecule has 0 unspecified atom stereocenters. The third kappa shape index (κ3) is 3.60. The van der Waals surface area contributed by atoms with Gasteiger partial charge in [0.15, 0.2) is 0 Å². The first-order chi connectivity index (χ1) is 22.3. The van der Waals surface area contributed by atoms with Crippen LogP contribution in [-0.4, -0.2) is 14.1 Å². The molecule has 0 aliphatic heterocycles. The molecule has 4 heterocycles. The van der Waals surface area contributed by atoms with E-state index in [1.54, 1.807) is 11.3 Å². The minimum Gasteiger partial charge on any atom is -0.309 e. The Bertz CT molecular complexity index is 2760. The predicted octanol–water partition coefficient (Wildman–Crippen LogP) is 11.3. The van der Waals surface area contributed by atoms with Gasteiger partial charge in [-0.3, -0.25) is 4.57 Å². The molecule has 4 heteroatoms. The van der Waals surface area contributed by atoms with E-state index in [9.17, 15) is 0 Å². The highest BCUT2D eigenvalue weighted by atomic mass is 32.1. The lowest BCUT2D eigenvalue weighted by molar-refractivity contribution is 1.10. The summed E-state index contributed by atoms with van der Waals surface area (Å²) in [6.45, 7) is 0. The highest BCUT2D eigenvalue weighted by molar-refractivity contribution is 7.25. The lowest BCUT2D eigenvalue weighted by atomic mass is 10.0. The Morgan fingerprint density at radius 2 is 0.956 bits per heavy atom. The summed E-state index contributed by atoms with van der Waals surface area (Å²) < 4.78 is 7.17. The van der Waals surface area contributed by atoms with Crippen molar-refractivity contribution in [3.05, 3.63) is 152 Å². The summed E-state index contributed by atoms with van der Waals surface area (Å²) in [5, 5.41) is 6.19. The van der Waals surface area contributed by atoms with E-state index >= 15 is 0 Å². The normalized spacial score (nSPS) is 12.0. The van der Waals surface area contributed by atoms with Crippen LogP contribution in [0, 0.1) is 0 Å². The van der Waals surface area contributed by atoms with E-state index in [1.165, 1.54) is 64.2 Å². The average Bonchev–Trinajstić information content (AvgIpc) is 3.75. The molecule has 210 valence electrons. The fourth-order valence-electron chi connectivity index (χ4n) is 7.11. The van der Waals surface area contributed by atoms with Crippen LogP contribution in [0.2, 0.25) is 0 Å². The second kappa shape index (κ2) is 9.39. The summed E-state index contributed by atoms with van der Waals surface area (Å²) in [6, 6.07) is 54.7. The molecule has 0 N–H and O–H groups in total. The molecule has 0 radical (unpaired) electrons. The molecule has 0 spiro atoms. The number of thiophene rings is 1. The third-order valence-corrected chi connectivity index (χ3v) is 10.3. The van der Waals surface area contributed by atoms with Crippen molar-refractivity contribution < 1.29 is 0 Å². The lowest BCUT2D eigenvalue weighted by Crippen LogP contribution is -1.97. The first-order valence-electron chi connectivity index (χ1n) is 15.2. The number of nitrogens with zero attached hydrogens (tertiary/aromatic N) is 3. The van der Waals surface area contributed by atoms with Crippen molar-refractivity contribution >= 4 is 75.3 Å². The first kappa shape index (κ1) is 24.7. The van der Waals surface area contributed by atoms with Crippen molar-refractivity contribution in [2.75, 3.05) is 0 Å². The van der Waals surface area contributed by atoms with Crippen molar-refractivity contribution in [1.82, 2.24) is 14.1 Å². The summed E-state index contributed by atoms with van der Waals surface area (Å²) in [4.78, 5) is 5.25. The van der Waals surface area contributed by atoms with Crippen LogP contribution < -0.4 is 0 Å². The molecule has 10 rings (SSSR count). The van der Waals surface area contributed by atoms with Gasteiger partial charge in [-0.05, 0) is 77.9 Å². The van der Waals surface area contributed by atoms with Gasteiger partial charge in [0.05, 0.1) is 32.3 Å². The molecule has 0 aliphatic rings. The van der Waals surface area contributed by atoms with Gasteiger partial charge in [0.1, 0.15) is 5.82 Å². The fourth-order valence-corrected chi connectivity index (χ4v) is 8.16. The monoisotopic (exact) mass is 591 g/mol. The van der Waals surface area contributed by atoms with Crippen molar-refractivity contribution in [3.8, 4) is 22.6 Å². The molecule has 0 fully saturated rings.